The van der Waals surface area contributed by atoms with Crippen LogP contribution in [0.3, 0.4) is 0 Å². The van der Waals surface area contributed by atoms with E-state index in [9.17, 15) is 13.2 Å². The molecule has 0 aliphatic rings. The molecular formula is C25H27ClN2O5S. The highest BCUT2D eigenvalue weighted by Crippen LogP contribution is 2.34. The van der Waals surface area contributed by atoms with Gasteiger partial charge in [0.05, 0.1) is 24.9 Å². The van der Waals surface area contributed by atoms with E-state index >= 15 is 0 Å². The highest BCUT2D eigenvalue weighted by atomic mass is 35.5. The number of hydrogen-bond acceptors (Lipinski definition) is 5. The van der Waals surface area contributed by atoms with Crippen molar-refractivity contribution in [2.45, 2.75) is 25.2 Å². The smallest absolute Gasteiger partial charge is 0.268 e. The summed E-state index contributed by atoms with van der Waals surface area (Å²) in [7, 11) is -1.35. The molecule has 0 saturated carbocycles. The minimum atomic E-state index is -4.21. The van der Waals surface area contributed by atoms with Crippen LogP contribution in [0.5, 0.6) is 11.5 Å². The van der Waals surface area contributed by atoms with E-state index in [1.54, 1.807) is 31.2 Å². The molecule has 0 aliphatic carbocycles. The van der Waals surface area contributed by atoms with Crippen LogP contribution in [0.25, 0.3) is 0 Å². The van der Waals surface area contributed by atoms with E-state index in [0.717, 1.165) is 15.4 Å². The van der Waals surface area contributed by atoms with Crippen molar-refractivity contribution in [3.05, 3.63) is 76.8 Å². The fourth-order valence-electron chi connectivity index (χ4n) is 3.50. The molecule has 0 aromatic heterocycles. The Labute approximate surface area is 205 Å². The van der Waals surface area contributed by atoms with Crippen molar-refractivity contribution in [3.8, 4) is 11.5 Å². The lowest BCUT2D eigenvalue weighted by Gasteiger charge is -2.26. The van der Waals surface area contributed by atoms with Gasteiger partial charge in [-0.15, -0.1) is 0 Å². The van der Waals surface area contributed by atoms with Gasteiger partial charge in [0.25, 0.3) is 10.0 Å². The average Bonchev–Trinajstić information content (AvgIpc) is 2.82. The summed E-state index contributed by atoms with van der Waals surface area (Å²) in [6.45, 7) is 3.28. The Morgan fingerprint density at radius 2 is 1.68 bits per heavy atom. The maximum Gasteiger partial charge on any atom is 0.268 e. The van der Waals surface area contributed by atoms with E-state index < -0.39 is 22.5 Å². The van der Waals surface area contributed by atoms with Gasteiger partial charge in [0.15, 0.2) is 0 Å². The summed E-state index contributed by atoms with van der Waals surface area (Å²) in [5, 5.41) is 3.04. The highest BCUT2D eigenvalue weighted by molar-refractivity contribution is 7.93. The normalized spacial score (nSPS) is 11.1. The molecule has 0 aliphatic heterocycles. The number of ether oxygens (including phenoxy) is 2. The summed E-state index contributed by atoms with van der Waals surface area (Å²) in [5.41, 5.74) is 2.52. The summed E-state index contributed by atoms with van der Waals surface area (Å²) in [5.74, 6) is 0.0622. The van der Waals surface area contributed by atoms with Crippen molar-refractivity contribution in [2.75, 3.05) is 30.4 Å². The summed E-state index contributed by atoms with van der Waals surface area (Å²) in [6.07, 6.45) is 0.715. The first-order chi connectivity index (χ1) is 16.2. The van der Waals surface area contributed by atoms with Crippen molar-refractivity contribution >= 4 is 38.9 Å². The number of methoxy groups -OCH3 is 2. The van der Waals surface area contributed by atoms with Gasteiger partial charge in [-0.3, -0.25) is 9.10 Å². The Bertz CT molecular complexity index is 1290. The number of nitrogens with zero attached hydrogens (tertiary/aromatic N) is 1. The summed E-state index contributed by atoms with van der Waals surface area (Å²) < 4.78 is 39.2. The fourth-order valence-corrected chi connectivity index (χ4v) is 5.41. The topological polar surface area (TPSA) is 84.9 Å². The second kappa shape index (κ2) is 10.8. The zero-order valence-corrected chi connectivity index (χ0v) is 21.0. The number of rotatable bonds is 9. The van der Waals surface area contributed by atoms with Gasteiger partial charge in [0.1, 0.15) is 22.9 Å². The molecular weight excluding hydrogens is 476 g/mol. The molecule has 0 heterocycles. The summed E-state index contributed by atoms with van der Waals surface area (Å²) in [6, 6.07) is 16.8. The van der Waals surface area contributed by atoms with Gasteiger partial charge in [-0.05, 0) is 60.9 Å². The van der Waals surface area contributed by atoms with E-state index in [1.807, 2.05) is 25.1 Å². The Morgan fingerprint density at radius 3 is 2.32 bits per heavy atom. The van der Waals surface area contributed by atoms with E-state index in [0.29, 0.717) is 17.9 Å². The van der Waals surface area contributed by atoms with Gasteiger partial charge in [-0.25, -0.2) is 8.42 Å². The number of amides is 1. The Hall–Kier alpha value is -3.23. The lowest BCUT2D eigenvalue weighted by atomic mass is 10.1. The monoisotopic (exact) mass is 502 g/mol. The molecule has 3 aromatic carbocycles. The molecule has 34 heavy (non-hydrogen) atoms. The molecule has 1 N–H and O–H groups in total. The summed E-state index contributed by atoms with van der Waals surface area (Å²) >= 11 is 6.29. The number of sulfonamides is 1. The van der Waals surface area contributed by atoms with Crippen LogP contribution in [-0.2, 0) is 21.2 Å². The maximum atomic E-state index is 13.8. The third-order valence-corrected chi connectivity index (χ3v) is 7.36. The molecule has 0 unspecified atom stereocenters. The van der Waals surface area contributed by atoms with Gasteiger partial charge < -0.3 is 14.8 Å². The van der Waals surface area contributed by atoms with Crippen molar-refractivity contribution < 1.29 is 22.7 Å². The molecule has 0 fully saturated rings. The highest BCUT2D eigenvalue weighted by Gasteiger charge is 2.31. The molecule has 180 valence electrons. The minimum Gasteiger partial charge on any atom is -0.495 e. The van der Waals surface area contributed by atoms with E-state index in [1.165, 1.54) is 32.4 Å². The fraction of sp³-hybridized carbons (Fsp3) is 0.240. The van der Waals surface area contributed by atoms with Crippen LogP contribution in [-0.4, -0.2) is 35.1 Å². The molecule has 7 nitrogen and oxygen atoms in total. The van der Waals surface area contributed by atoms with Gasteiger partial charge in [0, 0.05) is 5.69 Å². The van der Waals surface area contributed by atoms with Crippen molar-refractivity contribution in [1.29, 1.82) is 0 Å². The third-order valence-electron chi connectivity index (χ3n) is 5.27. The molecule has 1 amide bonds. The molecule has 0 atom stereocenters. The number of aryl methyl sites for hydroxylation is 2. The number of benzene rings is 3. The van der Waals surface area contributed by atoms with E-state index in [2.05, 4.69) is 5.32 Å². The predicted molar refractivity (Wildman–Crippen MR) is 135 cm³/mol. The standard InChI is InChI=1S/C25H27ClN2O5S/c1-5-18-8-6-7-9-21(18)27-25(29)16-28(19-11-13-22(32-3)20(26)15-19)34(30,31)24-14-17(2)10-12-23(24)33-4/h6-15H,5,16H2,1-4H3,(H,27,29). The maximum absolute atomic E-state index is 13.8. The van der Waals surface area contributed by atoms with Gasteiger partial charge in [-0.1, -0.05) is 42.8 Å². The van der Waals surface area contributed by atoms with Crippen molar-refractivity contribution in [2.24, 2.45) is 0 Å². The van der Waals surface area contributed by atoms with Crippen LogP contribution in [0.15, 0.2) is 65.6 Å². The number of anilines is 2. The molecule has 9 heteroatoms. The number of halogens is 1. The number of para-hydroxylation sites is 1. The second-order valence-corrected chi connectivity index (χ2v) is 9.78. The number of nitrogens with one attached hydrogen (secondary N) is 1. The van der Waals surface area contributed by atoms with Crippen LogP contribution in [0, 0.1) is 6.92 Å². The zero-order valence-electron chi connectivity index (χ0n) is 19.5. The number of carbonyl (C=O) groups excluding carboxylic acids is 1. The Kier molecular flexibility index (Phi) is 8.06. The first-order valence-corrected chi connectivity index (χ1v) is 12.4. The van der Waals surface area contributed by atoms with Crippen LogP contribution in [0.1, 0.15) is 18.1 Å². The zero-order chi connectivity index (χ0) is 24.9. The predicted octanol–water partition coefficient (Wildman–Crippen LogP) is 5.06. The molecule has 3 aromatic rings. The number of hydrogen-bond donors (Lipinski definition) is 1. The van der Waals surface area contributed by atoms with Crippen molar-refractivity contribution in [3.63, 3.8) is 0 Å². The minimum absolute atomic E-state index is 0.0521. The van der Waals surface area contributed by atoms with Crippen LogP contribution in [0.2, 0.25) is 5.02 Å². The molecule has 0 saturated heterocycles. The Balaban J connectivity index is 2.07. The number of carbonyl (C=O) groups is 1. The largest absolute Gasteiger partial charge is 0.495 e. The SMILES string of the molecule is CCc1ccccc1NC(=O)CN(c1ccc(OC)c(Cl)c1)S(=O)(=O)c1cc(C)ccc1OC. The first kappa shape index (κ1) is 25.4. The average molecular weight is 503 g/mol. The van der Waals surface area contributed by atoms with E-state index in [4.69, 9.17) is 21.1 Å². The lowest BCUT2D eigenvalue weighted by Crippen LogP contribution is -2.38. The molecule has 0 radical (unpaired) electrons. The third kappa shape index (κ3) is 5.46. The van der Waals surface area contributed by atoms with Crippen LogP contribution < -0.4 is 19.1 Å². The molecule has 3 rings (SSSR count). The molecule has 0 spiro atoms. The van der Waals surface area contributed by atoms with Crippen LogP contribution >= 0.6 is 11.6 Å². The van der Waals surface area contributed by atoms with Gasteiger partial charge in [-0.2, -0.15) is 0 Å². The van der Waals surface area contributed by atoms with Gasteiger partial charge >= 0.3 is 0 Å². The molecule has 0 bridgehead atoms. The quantitative estimate of drug-likeness (QED) is 0.442. The van der Waals surface area contributed by atoms with Crippen molar-refractivity contribution in [1.82, 2.24) is 0 Å². The first-order valence-electron chi connectivity index (χ1n) is 10.6. The van der Waals surface area contributed by atoms with Gasteiger partial charge in [0.2, 0.25) is 5.91 Å². The van der Waals surface area contributed by atoms with E-state index in [-0.39, 0.29) is 21.4 Å². The van der Waals surface area contributed by atoms with Crippen LogP contribution in [0.4, 0.5) is 11.4 Å². The summed E-state index contributed by atoms with van der Waals surface area (Å²) in [4.78, 5) is 13.0. The second-order valence-electron chi connectivity index (χ2n) is 7.54. The lowest BCUT2D eigenvalue weighted by molar-refractivity contribution is -0.114. The Morgan fingerprint density at radius 1 is 1.00 bits per heavy atom.